The molecule has 23 heavy (non-hydrogen) atoms. The van der Waals surface area contributed by atoms with Crippen molar-refractivity contribution in [2.45, 2.75) is 13.5 Å². The summed E-state index contributed by atoms with van der Waals surface area (Å²) >= 11 is 0. The van der Waals surface area contributed by atoms with Crippen LogP contribution in [0.25, 0.3) is 0 Å². The Morgan fingerprint density at radius 1 is 1.00 bits per heavy atom. The van der Waals surface area contributed by atoms with Crippen molar-refractivity contribution in [1.29, 1.82) is 0 Å². The second-order valence-electron chi connectivity index (χ2n) is 5.29. The van der Waals surface area contributed by atoms with Crippen molar-refractivity contribution < 1.29 is 0 Å². The number of rotatable bonds is 5. The third kappa shape index (κ3) is 3.83. The summed E-state index contributed by atoms with van der Waals surface area (Å²) in [6, 6.07) is 16.1. The van der Waals surface area contributed by atoms with E-state index in [1.807, 2.05) is 55.3 Å². The summed E-state index contributed by atoms with van der Waals surface area (Å²) in [5, 5.41) is 3.27. The van der Waals surface area contributed by atoms with Gasteiger partial charge in [0, 0.05) is 43.4 Å². The van der Waals surface area contributed by atoms with Crippen LogP contribution >= 0.6 is 0 Å². The monoisotopic (exact) mass is 305 g/mol. The molecule has 2 heterocycles. The van der Waals surface area contributed by atoms with Gasteiger partial charge in [0.25, 0.3) is 0 Å². The lowest BCUT2D eigenvalue weighted by atomic mass is 10.3. The summed E-state index contributed by atoms with van der Waals surface area (Å²) in [6.45, 7) is 2.64. The molecule has 5 nitrogen and oxygen atoms in total. The fourth-order valence-electron chi connectivity index (χ4n) is 2.27. The first-order valence-electron chi connectivity index (χ1n) is 7.49. The molecule has 0 atom stereocenters. The van der Waals surface area contributed by atoms with Gasteiger partial charge in [-0.3, -0.25) is 4.98 Å². The molecule has 0 aliphatic heterocycles. The highest BCUT2D eigenvalue weighted by Gasteiger charge is 2.08. The van der Waals surface area contributed by atoms with Crippen LogP contribution in [0.2, 0.25) is 0 Å². The van der Waals surface area contributed by atoms with Gasteiger partial charge in [0.2, 0.25) is 5.95 Å². The molecule has 3 rings (SSSR count). The van der Waals surface area contributed by atoms with E-state index in [0.29, 0.717) is 12.5 Å². The first-order chi connectivity index (χ1) is 11.2. The summed E-state index contributed by atoms with van der Waals surface area (Å²) in [7, 11) is 2.00. The van der Waals surface area contributed by atoms with Crippen molar-refractivity contribution >= 4 is 17.5 Å². The van der Waals surface area contributed by atoms with Crippen LogP contribution in [0.1, 0.15) is 11.3 Å². The number of hydrogen-bond acceptors (Lipinski definition) is 5. The Bertz CT molecular complexity index is 759. The highest BCUT2D eigenvalue weighted by atomic mass is 15.2. The topological polar surface area (TPSA) is 53.9 Å². The van der Waals surface area contributed by atoms with Crippen molar-refractivity contribution in [2.24, 2.45) is 0 Å². The maximum Gasteiger partial charge on any atom is 0.225 e. The standard InChI is InChI=1S/C18H19N5/c1-14-12-17(23(2)16-6-4-3-5-7-16)22-18(21-14)20-13-15-8-10-19-11-9-15/h3-12H,13H2,1-2H3,(H,20,21,22). The van der Waals surface area contributed by atoms with Gasteiger partial charge in [-0.2, -0.15) is 4.98 Å². The summed E-state index contributed by atoms with van der Waals surface area (Å²) in [6.07, 6.45) is 3.56. The van der Waals surface area contributed by atoms with Crippen LogP contribution in [-0.4, -0.2) is 22.0 Å². The maximum absolute atomic E-state index is 4.61. The minimum atomic E-state index is 0.625. The summed E-state index contributed by atoms with van der Waals surface area (Å²) in [5.41, 5.74) is 3.16. The van der Waals surface area contributed by atoms with Gasteiger partial charge in [0.1, 0.15) is 5.82 Å². The van der Waals surface area contributed by atoms with Crippen LogP contribution in [0, 0.1) is 6.92 Å². The number of aromatic nitrogens is 3. The molecule has 116 valence electrons. The number of pyridine rings is 1. The van der Waals surface area contributed by atoms with E-state index in [0.717, 1.165) is 22.8 Å². The van der Waals surface area contributed by atoms with E-state index >= 15 is 0 Å². The van der Waals surface area contributed by atoms with Gasteiger partial charge in [-0.15, -0.1) is 0 Å². The van der Waals surface area contributed by atoms with E-state index in [4.69, 9.17) is 0 Å². The summed E-state index contributed by atoms with van der Waals surface area (Å²) < 4.78 is 0. The van der Waals surface area contributed by atoms with E-state index in [2.05, 4.69) is 32.4 Å². The molecule has 0 bridgehead atoms. The molecule has 0 saturated carbocycles. The third-order valence-corrected chi connectivity index (χ3v) is 3.53. The molecule has 5 heteroatoms. The van der Waals surface area contributed by atoms with E-state index in [9.17, 15) is 0 Å². The molecule has 0 radical (unpaired) electrons. The highest BCUT2D eigenvalue weighted by Crippen LogP contribution is 2.22. The molecular formula is C18H19N5. The molecule has 1 N–H and O–H groups in total. The Labute approximate surface area is 136 Å². The lowest BCUT2D eigenvalue weighted by Crippen LogP contribution is -2.13. The summed E-state index contributed by atoms with van der Waals surface area (Å²) in [4.78, 5) is 15.1. The fraction of sp³-hybridized carbons (Fsp3) is 0.167. The van der Waals surface area contributed by atoms with Crippen LogP contribution in [0.3, 0.4) is 0 Å². The number of para-hydroxylation sites is 1. The smallest absolute Gasteiger partial charge is 0.225 e. The Morgan fingerprint density at radius 2 is 1.74 bits per heavy atom. The molecular weight excluding hydrogens is 286 g/mol. The van der Waals surface area contributed by atoms with Gasteiger partial charge in [-0.1, -0.05) is 18.2 Å². The van der Waals surface area contributed by atoms with Crippen LogP contribution in [0.15, 0.2) is 60.9 Å². The minimum absolute atomic E-state index is 0.625. The normalized spacial score (nSPS) is 10.3. The predicted molar refractivity (Wildman–Crippen MR) is 92.8 cm³/mol. The number of anilines is 3. The zero-order valence-corrected chi connectivity index (χ0v) is 13.3. The third-order valence-electron chi connectivity index (χ3n) is 3.53. The number of aryl methyl sites for hydroxylation is 1. The van der Waals surface area contributed by atoms with Gasteiger partial charge in [0.15, 0.2) is 0 Å². The zero-order chi connectivity index (χ0) is 16.1. The Hall–Kier alpha value is -2.95. The van der Waals surface area contributed by atoms with Crippen molar-refractivity contribution in [3.63, 3.8) is 0 Å². The minimum Gasteiger partial charge on any atom is -0.350 e. The Morgan fingerprint density at radius 3 is 2.48 bits per heavy atom. The fourth-order valence-corrected chi connectivity index (χ4v) is 2.27. The van der Waals surface area contributed by atoms with Crippen LogP contribution in [-0.2, 0) is 6.54 Å². The largest absolute Gasteiger partial charge is 0.350 e. The second kappa shape index (κ2) is 6.87. The molecule has 0 aliphatic rings. The molecule has 3 aromatic rings. The van der Waals surface area contributed by atoms with E-state index in [1.54, 1.807) is 12.4 Å². The lowest BCUT2D eigenvalue weighted by Gasteiger charge is -2.19. The van der Waals surface area contributed by atoms with Crippen LogP contribution in [0.4, 0.5) is 17.5 Å². The maximum atomic E-state index is 4.61. The van der Waals surface area contributed by atoms with Gasteiger partial charge < -0.3 is 10.2 Å². The molecule has 0 fully saturated rings. The number of benzene rings is 1. The Kier molecular flexibility index (Phi) is 4.47. The molecule has 0 spiro atoms. The van der Waals surface area contributed by atoms with E-state index in [-0.39, 0.29) is 0 Å². The van der Waals surface area contributed by atoms with E-state index in [1.165, 1.54) is 0 Å². The molecule has 0 amide bonds. The number of nitrogens with one attached hydrogen (secondary N) is 1. The second-order valence-corrected chi connectivity index (χ2v) is 5.29. The molecule has 0 unspecified atom stereocenters. The Balaban J connectivity index is 1.79. The molecule has 2 aromatic heterocycles. The predicted octanol–water partition coefficient (Wildman–Crippen LogP) is 3.56. The molecule has 1 aromatic carbocycles. The SMILES string of the molecule is Cc1cc(N(C)c2ccccc2)nc(NCc2ccncc2)n1. The molecule has 0 aliphatic carbocycles. The van der Waals surface area contributed by atoms with E-state index < -0.39 is 0 Å². The van der Waals surface area contributed by atoms with Crippen LogP contribution < -0.4 is 10.2 Å². The number of nitrogens with zero attached hydrogens (tertiary/aromatic N) is 4. The van der Waals surface area contributed by atoms with Gasteiger partial charge >= 0.3 is 0 Å². The van der Waals surface area contributed by atoms with Gasteiger partial charge in [0.05, 0.1) is 0 Å². The van der Waals surface area contributed by atoms with Crippen molar-refractivity contribution in [2.75, 3.05) is 17.3 Å². The van der Waals surface area contributed by atoms with Crippen molar-refractivity contribution in [1.82, 2.24) is 15.0 Å². The first-order valence-corrected chi connectivity index (χ1v) is 7.49. The van der Waals surface area contributed by atoms with Gasteiger partial charge in [-0.05, 0) is 36.8 Å². The van der Waals surface area contributed by atoms with Crippen molar-refractivity contribution in [3.8, 4) is 0 Å². The highest BCUT2D eigenvalue weighted by molar-refractivity contribution is 5.60. The number of hydrogen-bond donors (Lipinski definition) is 1. The zero-order valence-electron chi connectivity index (χ0n) is 13.3. The molecule has 0 saturated heterocycles. The average molecular weight is 305 g/mol. The van der Waals surface area contributed by atoms with Crippen LogP contribution in [0.5, 0.6) is 0 Å². The quantitative estimate of drug-likeness (QED) is 0.781. The first kappa shape index (κ1) is 15.0. The average Bonchev–Trinajstić information content (AvgIpc) is 2.60. The van der Waals surface area contributed by atoms with Crippen molar-refractivity contribution in [3.05, 3.63) is 72.2 Å². The lowest BCUT2D eigenvalue weighted by molar-refractivity contribution is 1.00. The summed E-state index contributed by atoms with van der Waals surface area (Å²) in [5.74, 6) is 1.49. The van der Waals surface area contributed by atoms with Gasteiger partial charge in [-0.25, -0.2) is 4.98 Å².